The highest BCUT2D eigenvalue weighted by atomic mass is 31.2. The van der Waals surface area contributed by atoms with E-state index in [0.717, 1.165) is 51.4 Å². The molecule has 0 radical (unpaired) electrons. The molecule has 9 nitrogen and oxygen atoms in total. The maximum atomic E-state index is 12.6. The van der Waals surface area contributed by atoms with Crippen LogP contribution in [-0.4, -0.2) is 66.3 Å². The van der Waals surface area contributed by atoms with Crippen molar-refractivity contribution in [3.05, 3.63) is 12.2 Å². The van der Waals surface area contributed by atoms with Gasteiger partial charge in [0.2, 0.25) is 0 Å². The van der Waals surface area contributed by atoms with Crippen LogP contribution in [-0.2, 0) is 27.9 Å². The second-order valence-electron chi connectivity index (χ2n) is 15.4. The summed E-state index contributed by atoms with van der Waals surface area (Å²) in [5.74, 6) is -0.386. The molecule has 0 heterocycles. The molecule has 54 heavy (non-hydrogen) atoms. The summed E-state index contributed by atoms with van der Waals surface area (Å²) in [6.45, 7) is 3.55. The van der Waals surface area contributed by atoms with Gasteiger partial charge >= 0.3 is 13.8 Å². The molecule has 0 aromatic carbocycles. The van der Waals surface area contributed by atoms with Gasteiger partial charge in [-0.25, -0.2) is 4.57 Å². The summed E-state index contributed by atoms with van der Waals surface area (Å²) >= 11 is 0. The van der Waals surface area contributed by atoms with Gasteiger partial charge in [0.05, 0.1) is 26.4 Å². The van der Waals surface area contributed by atoms with Crippen LogP contribution < -0.4 is 0 Å². The topological polar surface area (TPSA) is 132 Å². The third-order valence-electron chi connectivity index (χ3n) is 9.95. The van der Waals surface area contributed by atoms with Crippen molar-refractivity contribution in [1.82, 2.24) is 0 Å². The first-order chi connectivity index (χ1) is 26.3. The highest BCUT2D eigenvalue weighted by Gasteiger charge is 2.26. The Bertz CT molecular complexity index is 856. The number of ether oxygens (including phenoxy) is 2. The average Bonchev–Trinajstić information content (AvgIpc) is 3.16. The molecule has 0 aliphatic rings. The predicted molar refractivity (Wildman–Crippen MR) is 224 cm³/mol. The van der Waals surface area contributed by atoms with Crippen molar-refractivity contribution >= 4 is 13.8 Å². The largest absolute Gasteiger partial charge is 0.472 e. The van der Waals surface area contributed by atoms with E-state index in [1.807, 2.05) is 0 Å². The van der Waals surface area contributed by atoms with Gasteiger partial charge in [-0.2, -0.15) is 0 Å². The Morgan fingerprint density at radius 3 is 1.39 bits per heavy atom. The zero-order valence-corrected chi connectivity index (χ0v) is 36.1. The van der Waals surface area contributed by atoms with E-state index in [4.69, 9.17) is 23.6 Å². The smallest absolute Gasteiger partial charge is 0.457 e. The van der Waals surface area contributed by atoms with Gasteiger partial charge in [0.25, 0.3) is 0 Å². The highest BCUT2D eigenvalue weighted by Crippen LogP contribution is 2.43. The van der Waals surface area contributed by atoms with Crippen LogP contribution in [0.4, 0.5) is 0 Å². The molecule has 0 aromatic rings. The zero-order chi connectivity index (χ0) is 39.6. The number of hydrogen-bond donors (Lipinski definition) is 3. The Morgan fingerprint density at radius 1 is 0.556 bits per heavy atom. The molecule has 0 rings (SSSR count). The van der Waals surface area contributed by atoms with Crippen molar-refractivity contribution in [3.8, 4) is 0 Å². The molecule has 0 aliphatic heterocycles. The summed E-state index contributed by atoms with van der Waals surface area (Å²) in [6, 6.07) is 0. The monoisotopic (exact) mass is 791 g/mol. The van der Waals surface area contributed by atoms with E-state index in [2.05, 4.69) is 26.0 Å². The Kier molecular flexibility index (Phi) is 41.2. The quantitative estimate of drug-likeness (QED) is 0.0239. The van der Waals surface area contributed by atoms with Gasteiger partial charge in [0, 0.05) is 13.0 Å². The number of carbonyl (C=O) groups is 1. The van der Waals surface area contributed by atoms with E-state index in [-0.39, 0.29) is 25.6 Å². The van der Waals surface area contributed by atoms with Crippen LogP contribution in [0.5, 0.6) is 0 Å². The number of unbranched alkanes of at least 4 members (excludes halogenated alkanes) is 28. The average molecular weight is 791 g/mol. The summed E-state index contributed by atoms with van der Waals surface area (Å²) < 4.78 is 33.4. The summed E-state index contributed by atoms with van der Waals surface area (Å²) in [5.41, 5.74) is 0. The number of aliphatic hydroxyl groups is 2. The van der Waals surface area contributed by atoms with E-state index in [1.54, 1.807) is 0 Å². The number of allylic oxidation sites excluding steroid dienone is 2. The molecule has 10 heteroatoms. The van der Waals surface area contributed by atoms with Crippen molar-refractivity contribution in [2.45, 2.75) is 232 Å². The minimum absolute atomic E-state index is 0.0519. The Hall–Kier alpha value is -0.800. The van der Waals surface area contributed by atoms with Gasteiger partial charge in [-0.15, -0.1) is 0 Å². The van der Waals surface area contributed by atoms with Crippen molar-refractivity contribution < 1.29 is 43.0 Å². The summed E-state index contributed by atoms with van der Waals surface area (Å²) in [7, 11) is -4.51. The first-order valence-electron chi connectivity index (χ1n) is 22.7. The molecule has 0 saturated heterocycles. The first-order valence-corrected chi connectivity index (χ1v) is 24.2. The molecular formula is C44H87O9P. The lowest BCUT2D eigenvalue weighted by Gasteiger charge is -2.20. The number of phosphoric ester groups is 1. The fourth-order valence-corrected chi connectivity index (χ4v) is 7.26. The van der Waals surface area contributed by atoms with Crippen LogP contribution in [0.15, 0.2) is 12.2 Å². The van der Waals surface area contributed by atoms with Crippen molar-refractivity contribution in [3.63, 3.8) is 0 Å². The normalized spacial score (nSPS) is 14.1. The molecule has 0 aliphatic carbocycles. The molecule has 0 aromatic heterocycles. The minimum atomic E-state index is -4.51. The molecule has 322 valence electrons. The lowest BCUT2D eigenvalue weighted by Crippen LogP contribution is -2.29. The molecule has 0 bridgehead atoms. The second-order valence-corrected chi connectivity index (χ2v) is 16.9. The van der Waals surface area contributed by atoms with Crippen molar-refractivity contribution in [2.24, 2.45) is 0 Å². The molecule has 3 atom stereocenters. The zero-order valence-electron chi connectivity index (χ0n) is 35.2. The van der Waals surface area contributed by atoms with Crippen LogP contribution in [0.25, 0.3) is 0 Å². The molecule has 0 amide bonds. The van der Waals surface area contributed by atoms with Crippen LogP contribution >= 0.6 is 7.82 Å². The van der Waals surface area contributed by atoms with E-state index < -0.39 is 33.2 Å². The minimum Gasteiger partial charge on any atom is -0.457 e. The lowest BCUT2D eigenvalue weighted by molar-refractivity contribution is -0.154. The highest BCUT2D eigenvalue weighted by molar-refractivity contribution is 7.47. The SMILES string of the molecule is CCCCCCCCC/C=C\CCCCCCCC(=O)OC(COCCCCCCCCCCCCCCCCCCC)COP(=O)(O)OCC(O)CO. The standard InChI is InChI=1S/C44H87O9P/c1-3-5-7-9-11-13-15-17-19-21-23-25-27-29-31-33-35-37-50-40-43(41-52-54(48,49)51-39-42(46)38-45)53-44(47)36-34-32-30-28-26-24-22-20-18-16-14-12-10-8-6-4-2/h20,22,42-43,45-46H,3-19,21,23-41H2,1-2H3,(H,48,49)/b22-20-. The van der Waals surface area contributed by atoms with E-state index in [9.17, 15) is 19.4 Å². The molecule has 3 unspecified atom stereocenters. The molecule has 0 spiro atoms. The van der Waals surface area contributed by atoms with Crippen LogP contribution in [0, 0.1) is 0 Å². The molecule has 3 N–H and O–H groups in total. The number of aliphatic hydroxyl groups excluding tert-OH is 2. The Labute approximate surface area is 332 Å². The predicted octanol–water partition coefficient (Wildman–Crippen LogP) is 12.5. The van der Waals surface area contributed by atoms with Crippen LogP contribution in [0.2, 0.25) is 0 Å². The number of esters is 1. The van der Waals surface area contributed by atoms with Crippen LogP contribution in [0.1, 0.15) is 219 Å². The lowest BCUT2D eigenvalue weighted by atomic mass is 10.0. The maximum absolute atomic E-state index is 12.6. The summed E-state index contributed by atoms with van der Waals surface area (Å²) in [4.78, 5) is 22.6. The molecule has 0 saturated carbocycles. The van der Waals surface area contributed by atoms with E-state index in [1.165, 1.54) is 148 Å². The first kappa shape index (κ1) is 53.2. The summed E-state index contributed by atoms with van der Waals surface area (Å²) in [5, 5.41) is 18.4. The van der Waals surface area contributed by atoms with E-state index in [0.29, 0.717) is 6.61 Å². The van der Waals surface area contributed by atoms with Gasteiger partial charge < -0.3 is 24.6 Å². The Balaban J connectivity index is 4.13. The van der Waals surface area contributed by atoms with Gasteiger partial charge in [-0.05, 0) is 38.5 Å². The molecular weight excluding hydrogens is 703 g/mol. The Morgan fingerprint density at radius 2 is 0.944 bits per heavy atom. The third kappa shape index (κ3) is 40.9. The van der Waals surface area contributed by atoms with Crippen molar-refractivity contribution in [1.29, 1.82) is 0 Å². The van der Waals surface area contributed by atoms with Gasteiger partial charge in [-0.3, -0.25) is 13.8 Å². The number of phosphoric acid groups is 1. The van der Waals surface area contributed by atoms with E-state index >= 15 is 0 Å². The van der Waals surface area contributed by atoms with Crippen LogP contribution in [0.3, 0.4) is 0 Å². The molecule has 0 fully saturated rings. The number of rotatable bonds is 44. The second kappa shape index (κ2) is 41.8. The maximum Gasteiger partial charge on any atom is 0.472 e. The van der Waals surface area contributed by atoms with Crippen molar-refractivity contribution in [2.75, 3.05) is 33.0 Å². The number of hydrogen-bond acceptors (Lipinski definition) is 8. The van der Waals surface area contributed by atoms with Gasteiger partial charge in [0.1, 0.15) is 12.2 Å². The third-order valence-corrected chi connectivity index (χ3v) is 10.9. The van der Waals surface area contributed by atoms with Gasteiger partial charge in [-0.1, -0.05) is 187 Å². The fraction of sp³-hybridized carbons (Fsp3) is 0.932. The summed E-state index contributed by atoms with van der Waals surface area (Å²) in [6.07, 6.45) is 41.7. The van der Waals surface area contributed by atoms with Gasteiger partial charge in [0.15, 0.2) is 0 Å². The number of carbonyl (C=O) groups excluding carboxylic acids is 1. The fourth-order valence-electron chi connectivity index (χ4n) is 6.47.